The molecular formula is C19H21F7N4O. The summed E-state index contributed by atoms with van der Waals surface area (Å²) in [7, 11) is 0. The van der Waals surface area contributed by atoms with Crippen molar-refractivity contribution in [2.24, 2.45) is 5.73 Å². The van der Waals surface area contributed by atoms with Crippen molar-refractivity contribution in [2.45, 2.75) is 52.0 Å². The molecule has 0 saturated heterocycles. The van der Waals surface area contributed by atoms with Crippen molar-refractivity contribution >= 4 is 5.91 Å². The fourth-order valence-corrected chi connectivity index (χ4v) is 3.12. The molecular weight excluding hydrogens is 433 g/mol. The zero-order chi connectivity index (χ0) is 23.5. The number of alkyl halides is 3. The number of halogens is 7. The molecule has 1 atom stereocenters. The first-order valence-electron chi connectivity index (χ1n) is 9.46. The molecule has 0 aliphatic carbocycles. The van der Waals surface area contributed by atoms with Gasteiger partial charge < -0.3 is 15.2 Å². The van der Waals surface area contributed by atoms with Crippen molar-refractivity contribution in [1.82, 2.24) is 14.5 Å². The highest BCUT2D eigenvalue weighted by Gasteiger charge is 2.41. The molecule has 0 unspecified atom stereocenters. The van der Waals surface area contributed by atoms with Gasteiger partial charge in [-0.15, -0.1) is 0 Å². The molecule has 1 aliphatic heterocycles. The molecule has 3 rings (SSSR count). The van der Waals surface area contributed by atoms with Gasteiger partial charge in [0.25, 0.3) is 0 Å². The third-order valence-corrected chi connectivity index (χ3v) is 4.54. The maximum atomic E-state index is 13.9. The van der Waals surface area contributed by atoms with E-state index in [0.717, 1.165) is 9.47 Å². The van der Waals surface area contributed by atoms with E-state index < -0.39 is 47.2 Å². The third kappa shape index (κ3) is 5.54. The van der Waals surface area contributed by atoms with Gasteiger partial charge in [0, 0.05) is 31.6 Å². The minimum atomic E-state index is -4.96. The molecule has 0 radical (unpaired) electrons. The predicted octanol–water partition coefficient (Wildman–Crippen LogP) is 3.79. The Hall–Kier alpha value is -2.63. The van der Waals surface area contributed by atoms with Crippen LogP contribution in [0.1, 0.15) is 37.4 Å². The van der Waals surface area contributed by atoms with Crippen LogP contribution < -0.4 is 5.73 Å². The number of hydrogen-bond donors (Lipinski definition) is 1. The number of hydrogen-bond acceptors (Lipinski definition) is 3. The van der Waals surface area contributed by atoms with Gasteiger partial charge in [-0.1, -0.05) is 13.8 Å². The number of nitrogens with zero attached hydrogens (tertiary/aromatic N) is 3. The largest absolute Gasteiger partial charge is 0.437 e. The van der Waals surface area contributed by atoms with Crippen LogP contribution in [0.15, 0.2) is 12.1 Å². The van der Waals surface area contributed by atoms with Crippen LogP contribution in [0.4, 0.5) is 30.7 Å². The van der Waals surface area contributed by atoms with Crippen LogP contribution in [-0.4, -0.2) is 32.9 Å². The number of rotatable bonds is 4. The van der Waals surface area contributed by atoms with Crippen LogP contribution in [0, 0.1) is 23.4 Å². The first kappa shape index (κ1) is 24.6. The Labute approximate surface area is 173 Å². The Kier molecular flexibility index (Phi) is 7.68. The first-order chi connectivity index (χ1) is 14.5. The van der Waals surface area contributed by atoms with Gasteiger partial charge in [0.2, 0.25) is 11.9 Å². The number of benzene rings is 1. The lowest BCUT2D eigenvalue weighted by Gasteiger charge is -2.28. The highest BCUT2D eigenvalue weighted by molar-refractivity contribution is 5.77. The van der Waals surface area contributed by atoms with E-state index in [1.54, 1.807) is 0 Å². The Morgan fingerprint density at radius 2 is 1.71 bits per heavy atom. The van der Waals surface area contributed by atoms with Crippen molar-refractivity contribution in [1.29, 1.82) is 0 Å². The normalized spacial score (nSPS) is 14.6. The Balaban J connectivity index is 0.00000166. The summed E-state index contributed by atoms with van der Waals surface area (Å²) in [6, 6.07) is 0.0657. The van der Waals surface area contributed by atoms with Crippen molar-refractivity contribution < 1.29 is 35.5 Å². The summed E-state index contributed by atoms with van der Waals surface area (Å²) in [5, 5.41) is 0. The average molecular weight is 454 g/mol. The molecule has 0 bridgehead atoms. The Bertz CT molecular complexity index is 942. The van der Waals surface area contributed by atoms with Crippen LogP contribution >= 0.6 is 0 Å². The first-order valence-corrected chi connectivity index (χ1v) is 9.46. The molecule has 0 spiro atoms. The molecule has 1 aromatic heterocycles. The Morgan fingerprint density at radius 3 is 2.32 bits per heavy atom. The van der Waals surface area contributed by atoms with Gasteiger partial charge in [0.05, 0.1) is 6.54 Å². The fraction of sp³-hybridized carbons (Fsp3) is 0.474. The minimum absolute atomic E-state index is 0.0668. The molecule has 0 saturated carbocycles. The molecule has 2 heterocycles. The lowest BCUT2D eigenvalue weighted by atomic mass is 10.0. The van der Waals surface area contributed by atoms with Crippen molar-refractivity contribution in [3.8, 4) is 0 Å². The minimum Gasteiger partial charge on any atom is -0.333 e. The predicted molar refractivity (Wildman–Crippen MR) is 96.6 cm³/mol. The number of amides is 1. The Morgan fingerprint density at radius 1 is 1.10 bits per heavy atom. The topological polar surface area (TPSA) is 64.2 Å². The summed E-state index contributed by atoms with van der Waals surface area (Å²) in [5.41, 5.74) is 3.93. The zero-order valence-corrected chi connectivity index (χ0v) is 16.7. The maximum absolute atomic E-state index is 13.9. The molecule has 2 aromatic rings. The van der Waals surface area contributed by atoms with E-state index in [1.165, 1.54) is 0 Å². The van der Waals surface area contributed by atoms with E-state index in [-0.39, 0.29) is 43.9 Å². The molecule has 2 N–H and O–H groups in total. The van der Waals surface area contributed by atoms with E-state index in [4.69, 9.17) is 5.73 Å². The zero-order valence-electron chi connectivity index (χ0n) is 16.7. The maximum Gasteiger partial charge on any atom is 0.437 e. The molecule has 5 nitrogen and oxygen atoms in total. The summed E-state index contributed by atoms with van der Waals surface area (Å²) < 4.78 is 92.8. The van der Waals surface area contributed by atoms with Crippen LogP contribution in [0.3, 0.4) is 0 Å². The van der Waals surface area contributed by atoms with Crippen LogP contribution in [0.5, 0.6) is 0 Å². The second-order valence-electron chi connectivity index (χ2n) is 6.66. The number of carbonyl (C=O) groups is 1. The average Bonchev–Trinajstić information content (AvgIpc) is 3.04. The quantitative estimate of drug-likeness (QED) is 0.565. The third-order valence-electron chi connectivity index (χ3n) is 4.54. The summed E-state index contributed by atoms with van der Waals surface area (Å²) >= 11 is 0. The van der Waals surface area contributed by atoms with Gasteiger partial charge >= 0.3 is 6.18 Å². The van der Waals surface area contributed by atoms with Gasteiger partial charge in [-0.2, -0.15) is 17.6 Å². The van der Waals surface area contributed by atoms with E-state index in [9.17, 15) is 35.5 Å². The van der Waals surface area contributed by atoms with Gasteiger partial charge in [0.15, 0.2) is 17.3 Å². The molecule has 12 heteroatoms. The molecule has 1 aliphatic rings. The molecule has 31 heavy (non-hydrogen) atoms. The smallest absolute Gasteiger partial charge is 0.333 e. The monoisotopic (exact) mass is 454 g/mol. The number of nitrogens with two attached hydrogens (primary N) is 1. The van der Waals surface area contributed by atoms with Crippen LogP contribution in [0.25, 0.3) is 0 Å². The second-order valence-corrected chi connectivity index (χ2v) is 6.66. The summed E-state index contributed by atoms with van der Waals surface area (Å²) in [6.07, 6.45) is -5.54. The van der Waals surface area contributed by atoms with E-state index in [2.05, 4.69) is 4.98 Å². The van der Waals surface area contributed by atoms with Crippen LogP contribution in [0.2, 0.25) is 0 Å². The molecule has 0 fully saturated rings. The molecule has 1 aromatic carbocycles. The number of aromatic nitrogens is 2. The summed E-state index contributed by atoms with van der Waals surface area (Å²) in [5.74, 6) is -5.96. The van der Waals surface area contributed by atoms with Crippen molar-refractivity contribution in [3.05, 3.63) is 52.6 Å². The highest BCUT2D eigenvalue weighted by Crippen LogP contribution is 2.32. The lowest BCUT2D eigenvalue weighted by molar-refractivity contribution is -0.143. The SMILES string of the molecule is CC.N[C@@H](CC(=O)N1CCn2c(nc(C(F)(F)F)c2F)C1)Cc1cc(F)c(F)cc1F. The molecule has 1 amide bonds. The fourth-order valence-electron chi connectivity index (χ4n) is 3.12. The lowest BCUT2D eigenvalue weighted by Crippen LogP contribution is -2.41. The van der Waals surface area contributed by atoms with Gasteiger partial charge in [-0.25, -0.2) is 18.2 Å². The number of fused-ring (bicyclic) bond motifs is 1. The number of carbonyl (C=O) groups excluding carboxylic acids is 1. The number of imidazole rings is 1. The van der Waals surface area contributed by atoms with Gasteiger partial charge in [-0.05, 0) is 18.1 Å². The van der Waals surface area contributed by atoms with Gasteiger partial charge in [-0.3, -0.25) is 4.79 Å². The summed E-state index contributed by atoms with van der Waals surface area (Å²) in [6.45, 7) is 3.36. The van der Waals surface area contributed by atoms with Crippen LogP contribution in [-0.2, 0) is 30.5 Å². The van der Waals surface area contributed by atoms with E-state index in [0.29, 0.717) is 12.1 Å². The van der Waals surface area contributed by atoms with E-state index >= 15 is 0 Å². The summed E-state index contributed by atoms with van der Waals surface area (Å²) in [4.78, 5) is 16.8. The van der Waals surface area contributed by atoms with Crippen molar-refractivity contribution in [2.75, 3.05) is 6.54 Å². The second kappa shape index (κ2) is 9.67. The standard InChI is InChI=1S/C17H15F7N4O.C2H6/c18-10-6-12(20)11(19)4-8(10)3-9(25)5-14(29)27-1-2-28-13(7-27)26-15(16(28)21)17(22,23)24;1-2/h4,6,9H,1-3,5,7,25H2;1-2H3/t9-;/m1./s1. The van der Waals surface area contributed by atoms with Gasteiger partial charge in [0.1, 0.15) is 11.6 Å². The molecule has 172 valence electrons. The van der Waals surface area contributed by atoms with Crippen molar-refractivity contribution in [3.63, 3.8) is 0 Å². The highest BCUT2D eigenvalue weighted by atomic mass is 19.4. The van der Waals surface area contributed by atoms with E-state index in [1.807, 2.05) is 13.8 Å².